The van der Waals surface area contributed by atoms with Crippen molar-refractivity contribution in [3.63, 3.8) is 0 Å². The van der Waals surface area contributed by atoms with E-state index in [1.807, 2.05) is 12.1 Å². The van der Waals surface area contributed by atoms with Crippen molar-refractivity contribution < 1.29 is 19.5 Å². The van der Waals surface area contributed by atoms with E-state index in [4.69, 9.17) is 0 Å². The largest absolute Gasteiger partial charge is 0.480 e. The molecule has 1 aromatic rings. The third-order valence-electron chi connectivity index (χ3n) is 4.57. The minimum Gasteiger partial charge on any atom is -0.480 e. The van der Waals surface area contributed by atoms with Gasteiger partial charge < -0.3 is 14.9 Å². The molecule has 1 aliphatic rings. The first-order valence-corrected chi connectivity index (χ1v) is 8.93. The van der Waals surface area contributed by atoms with Crippen LogP contribution in [0.3, 0.4) is 0 Å². The second-order valence-electron chi connectivity index (χ2n) is 6.41. The Morgan fingerprint density at radius 1 is 1.08 bits per heavy atom. The SMILES string of the molecule is CCCN(CCC(=O)N1CCC[C@@H]1C(=O)O)CCC(=O)n1cccc1. The fourth-order valence-corrected chi connectivity index (χ4v) is 3.25. The first-order chi connectivity index (χ1) is 12.0. The van der Waals surface area contributed by atoms with Crippen molar-refractivity contribution in [2.24, 2.45) is 0 Å². The highest BCUT2D eigenvalue weighted by atomic mass is 16.4. The van der Waals surface area contributed by atoms with Gasteiger partial charge in [0.1, 0.15) is 6.04 Å². The number of nitrogens with zero attached hydrogens (tertiary/aromatic N) is 3. The van der Waals surface area contributed by atoms with E-state index in [0.29, 0.717) is 38.9 Å². The molecule has 1 N–H and O–H groups in total. The molecule has 0 bridgehead atoms. The van der Waals surface area contributed by atoms with Crippen LogP contribution in [-0.2, 0) is 9.59 Å². The molecule has 7 nitrogen and oxygen atoms in total. The summed E-state index contributed by atoms with van der Waals surface area (Å²) >= 11 is 0. The lowest BCUT2D eigenvalue weighted by molar-refractivity contribution is -0.148. The van der Waals surface area contributed by atoms with Crippen LogP contribution in [0.4, 0.5) is 0 Å². The Kier molecular flexibility index (Phi) is 7.18. The quantitative estimate of drug-likeness (QED) is 0.734. The van der Waals surface area contributed by atoms with Gasteiger partial charge in [0, 0.05) is 44.9 Å². The second-order valence-corrected chi connectivity index (χ2v) is 6.41. The summed E-state index contributed by atoms with van der Waals surface area (Å²) in [6.45, 7) is 4.54. The van der Waals surface area contributed by atoms with E-state index in [1.165, 1.54) is 4.90 Å². The van der Waals surface area contributed by atoms with Crippen LogP contribution >= 0.6 is 0 Å². The summed E-state index contributed by atoms with van der Waals surface area (Å²) < 4.78 is 1.57. The molecule has 1 amide bonds. The third kappa shape index (κ3) is 5.42. The molecule has 1 saturated heterocycles. The lowest BCUT2D eigenvalue weighted by Crippen LogP contribution is -2.42. The van der Waals surface area contributed by atoms with Crippen molar-refractivity contribution in [2.45, 2.75) is 45.1 Å². The highest BCUT2D eigenvalue weighted by molar-refractivity contribution is 5.84. The van der Waals surface area contributed by atoms with E-state index in [9.17, 15) is 19.5 Å². The van der Waals surface area contributed by atoms with E-state index in [0.717, 1.165) is 19.4 Å². The standard InChI is InChI=1S/C18H27N3O4/c1-2-9-19(13-7-16(22)20-10-3-4-11-20)14-8-17(23)21-12-5-6-15(21)18(24)25/h3-4,10-11,15H,2,5-9,12-14H2,1H3,(H,24,25)/t15-/m1/s1. The smallest absolute Gasteiger partial charge is 0.326 e. The molecule has 1 aromatic heterocycles. The maximum absolute atomic E-state index is 12.4. The van der Waals surface area contributed by atoms with Gasteiger partial charge in [0.15, 0.2) is 0 Å². The molecule has 0 unspecified atom stereocenters. The van der Waals surface area contributed by atoms with E-state index < -0.39 is 12.0 Å². The van der Waals surface area contributed by atoms with Crippen molar-refractivity contribution in [2.75, 3.05) is 26.2 Å². The number of rotatable bonds is 9. The third-order valence-corrected chi connectivity index (χ3v) is 4.57. The number of carboxylic acid groups (broad SMARTS) is 1. The van der Waals surface area contributed by atoms with Crippen LogP contribution in [0.15, 0.2) is 24.5 Å². The Labute approximate surface area is 148 Å². The molecule has 2 heterocycles. The van der Waals surface area contributed by atoms with Gasteiger partial charge in [-0.1, -0.05) is 6.92 Å². The maximum atomic E-state index is 12.4. The van der Waals surface area contributed by atoms with Crippen molar-refractivity contribution in [1.29, 1.82) is 0 Å². The molecular formula is C18H27N3O4. The summed E-state index contributed by atoms with van der Waals surface area (Å²) in [5.74, 6) is -1.00. The maximum Gasteiger partial charge on any atom is 0.326 e. The molecule has 0 spiro atoms. The minimum atomic E-state index is -0.923. The lowest BCUT2D eigenvalue weighted by Gasteiger charge is -2.25. The van der Waals surface area contributed by atoms with Crippen molar-refractivity contribution in [3.8, 4) is 0 Å². The van der Waals surface area contributed by atoms with E-state index >= 15 is 0 Å². The lowest BCUT2D eigenvalue weighted by atomic mass is 10.2. The number of aromatic nitrogens is 1. The predicted molar refractivity (Wildman–Crippen MR) is 93.4 cm³/mol. The summed E-state index contributed by atoms with van der Waals surface area (Å²) in [4.78, 5) is 39.2. The van der Waals surface area contributed by atoms with Gasteiger partial charge in [0.2, 0.25) is 11.8 Å². The average Bonchev–Trinajstić information content (AvgIpc) is 3.28. The predicted octanol–water partition coefficient (Wildman–Crippen LogP) is 1.70. The molecule has 25 heavy (non-hydrogen) atoms. The van der Waals surface area contributed by atoms with Gasteiger partial charge in [0.05, 0.1) is 0 Å². The number of hydrogen-bond donors (Lipinski definition) is 1. The summed E-state index contributed by atoms with van der Waals surface area (Å²) in [7, 11) is 0. The zero-order valence-corrected chi connectivity index (χ0v) is 14.8. The van der Waals surface area contributed by atoms with Crippen LogP contribution in [0.25, 0.3) is 0 Å². The van der Waals surface area contributed by atoms with Crippen molar-refractivity contribution in [3.05, 3.63) is 24.5 Å². The van der Waals surface area contributed by atoms with Crippen LogP contribution in [0.1, 0.15) is 43.8 Å². The van der Waals surface area contributed by atoms with Gasteiger partial charge in [-0.05, 0) is 37.9 Å². The number of likely N-dealkylation sites (tertiary alicyclic amines) is 1. The van der Waals surface area contributed by atoms with Crippen LogP contribution in [0, 0.1) is 0 Å². The van der Waals surface area contributed by atoms with Gasteiger partial charge in [-0.25, -0.2) is 4.79 Å². The molecule has 7 heteroatoms. The highest BCUT2D eigenvalue weighted by Gasteiger charge is 2.33. The second kappa shape index (κ2) is 9.36. The molecular weight excluding hydrogens is 322 g/mol. The normalized spacial score (nSPS) is 17.2. The summed E-state index contributed by atoms with van der Waals surface area (Å²) in [5.41, 5.74) is 0. The van der Waals surface area contributed by atoms with Gasteiger partial charge >= 0.3 is 5.97 Å². The Balaban J connectivity index is 1.81. The molecule has 0 aliphatic carbocycles. The average molecular weight is 349 g/mol. The summed E-state index contributed by atoms with van der Waals surface area (Å²) in [5, 5.41) is 9.19. The Bertz CT molecular complexity index is 585. The molecule has 0 aromatic carbocycles. The summed E-state index contributed by atoms with van der Waals surface area (Å²) in [6.07, 6.45) is 6.36. The van der Waals surface area contributed by atoms with Crippen molar-refractivity contribution >= 4 is 17.8 Å². The Morgan fingerprint density at radius 2 is 1.72 bits per heavy atom. The molecule has 138 valence electrons. The topological polar surface area (TPSA) is 82.9 Å². The van der Waals surface area contributed by atoms with Gasteiger partial charge in [0.25, 0.3) is 0 Å². The summed E-state index contributed by atoms with van der Waals surface area (Å²) in [6, 6.07) is 2.95. The Hall–Kier alpha value is -2.15. The molecule has 2 rings (SSSR count). The van der Waals surface area contributed by atoms with E-state index in [-0.39, 0.29) is 11.8 Å². The molecule has 1 atom stereocenters. The van der Waals surface area contributed by atoms with Gasteiger partial charge in [-0.15, -0.1) is 0 Å². The first kappa shape index (κ1) is 19.2. The van der Waals surface area contributed by atoms with Crippen LogP contribution in [0.2, 0.25) is 0 Å². The van der Waals surface area contributed by atoms with Crippen LogP contribution < -0.4 is 0 Å². The fraction of sp³-hybridized carbons (Fsp3) is 0.611. The highest BCUT2D eigenvalue weighted by Crippen LogP contribution is 2.18. The number of carbonyl (C=O) groups is 3. The van der Waals surface area contributed by atoms with Gasteiger partial charge in [-0.3, -0.25) is 14.2 Å². The number of carbonyl (C=O) groups excluding carboxylic acids is 2. The minimum absolute atomic E-state index is 0.0305. The molecule has 1 fully saturated rings. The number of aliphatic carboxylic acids is 1. The number of carboxylic acids is 1. The number of hydrogen-bond acceptors (Lipinski definition) is 4. The van der Waals surface area contributed by atoms with Crippen molar-refractivity contribution in [1.82, 2.24) is 14.4 Å². The Morgan fingerprint density at radius 3 is 2.32 bits per heavy atom. The first-order valence-electron chi connectivity index (χ1n) is 8.93. The van der Waals surface area contributed by atoms with E-state index in [2.05, 4.69) is 11.8 Å². The zero-order valence-electron chi connectivity index (χ0n) is 14.8. The monoisotopic (exact) mass is 349 g/mol. The molecule has 0 saturated carbocycles. The molecule has 0 radical (unpaired) electrons. The van der Waals surface area contributed by atoms with Crippen LogP contribution in [-0.4, -0.2) is 69.5 Å². The fourth-order valence-electron chi connectivity index (χ4n) is 3.25. The molecule has 1 aliphatic heterocycles. The zero-order chi connectivity index (χ0) is 18.2. The van der Waals surface area contributed by atoms with Gasteiger partial charge in [-0.2, -0.15) is 0 Å². The van der Waals surface area contributed by atoms with Crippen LogP contribution in [0.5, 0.6) is 0 Å². The number of amides is 1. The van der Waals surface area contributed by atoms with E-state index in [1.54, 1.807) is 17.0 Å².